The number of hydrogen-bond acceptors (Lipinski definition) is 4. The van der Waals surface area contributed by atoms with Crippen LogP contribution in [0.15, 0.2) is 53.4 Å². The van der Waals surface area contributed by atoms with Gasteiger partial charge >= 0.3 is 0 Å². The lowest BCUT2D eigenvalue weighted by atomic mass is 10.1. The van der Waals surface area contributed by atoms with Crippen molar-refractivity contribution in [2.75, 3.05) is 27.2 Å². The molecule has 2 aromatic rings. The van der Waals surface area contributed by atoms with Crippen LogP contribution in [0.1, 0.15) is 34.3 Å². The third kappa shape index (κ3) is 4.79. The predicted molar refractivity (Wildman–Crippen MR) is 109 cm³/mol. The van der Waals surface area contributed by atoms with Gasteiger partial charge in [0.05, 0.1) is 4.90 Å². The fraction of sp³-hybridized carbons (Fsp3) is 0.381. The van der Waals surface area contributed by atoms with Gasteiger partial charge in [-0.05, 0) is 61.3 Å². The summed E-state index contributed by atoms with van der Waals surface area (Å²) in [6, 6.07) is 14.2. The lowest BCUT2D eigenvalue weighted by Gasteiger charge is -2.17. The van der Waals surface area contributed by atoms with Crippen molar-refractivity contribution in [2.24, 2.45) is 0 Å². The molecule has 0 unspecified atom stereocenters. The van der Waals surface area contributed by atoms with Crippen LogP contribution in [0, 0.1) is 0 Å². The molecule has 7 heteroatoms. The zero-order valence-electron chi connectivity index (χ0n) is 16.4. The van der Waals surface area contributed by atoms with Crippen LogP contribution < -0.4 is 5.32 Å². The summed E-state index contributed by atoms with van der Waals surface area (Å²) < 4.78 is 25.4. The van der Waals surface area contributed by atoms with Crippen molar-refractivity contribution in [1.82, 2.24) is 14.5 Å². The molecular weight excluding hydrogens is 374 g/mol. The first-order valence-electron chi connectivity index (χ1n) is 9.48. The van der Waals surface area contributed by atoms with Crippen LogP contribution in [0.25, 0.3) is 0 Å². The monoisotopic (exact) mass is 401 g/mol. The fourth-order valence-corrected chi connectivity index (χ4v) is 4.23. The van der Waals surface area contributed by atoms with Crippen LogP contribution in [0.3, 0.4) is 0 Å². The van der Waals surface area contributed by atoms with Crippen molar-refractivity contribution in [3.8, 4) is 0 Å². The molecule has 1 amide bonds. The Morgan fingerprint density at radius 2 is 1.61 bits per heavy atom. The Morgan fingerprint density at radius 1 is 1.00 bits per heavy atom. The summed E-state index contributed by atoms with van der Waals surface area (Å²) in [6.45, 7) is 3.61. The number of sulfonamides is 1. The number of carbonyl (C=O) groups excluding carboxylic acids is 1. The molecule has 3 rings (SSSR count). The molecule has 0 saturated carbocycles. The number of benzene rings is 2. The molecule has 6 nitrogen and oxygen atoms in total. The summed E-state index contributed by atoms with van der Waals surface area (Å²) in [7, 11) is -0.531. The van der Waals surface area contributed by atoms with Gasteiger partial charge in [-0.15, -0.1) is 0 Å². The minimum Gasteiger partial charge on any atom is -0.348 e. The molecule has 0 spiro atoms. The zero-order chi connectivity index (χ0) is 20.1. The molecule has 1 aliphatic heterocycles. The number of hydrogen-bond donors (Lipinski definition) is 1. The second-order valence-corrected chi connectivity index (χ2v) is 9.40. The Hall–Kier alpha value is -2.22. The molecule has 0 atom stereocenters. The smallest absolute Gasteiger partial charge is 0.251 e. The lowest BCUT2D eigenvalue weighted by molar-refractivity contribution is 0.0950. The number of nitrogens with zero attached hydrogens (tertiary/aromatic N) is 2. The van der Waals surface area contributed by atoms with Gasteiger partial charge in [0.2, 0.25) is 10.0 Å². The summed E-state index contributed by atoms with van der Waals surface area (Å²) in [5.41, 5.74) is 2.78. The van der Waals surface area contributed by atoms with Crippen molar-refractivity contribution in [1.29, 1.82) is 0 Å². The van der Waals surface area contributed by atoms with E-state index >= 15 is 0 Å². The normalized spacial score (nSPS) is 15.1. The van der Waals surface area contributed by atoms with Crippen molar-refractivity contribution in [3.05, 3.63) is 65.2 Å². The maximum Gasteiger partial charge on any atom is 0.251 e. The van der Waals surface area contributed by atoms with E-state index in [4.69, 9.17) is 0 Å². The summed E-state index contributed by atoms with van der Waals surface area (Å²) in [5.74, 6) is -0.218. The standard InChI is InChI=1S/C21H27N3O3S/c1-23(2)28(26,27)20-11-9-17(10-12-20)21(25)22-15-18-7-3-4-8-19(18)16-24-13-5-6-14-24/h3-4,7-12H,5-6,13-16H2,1-2H3,(H,22,25). The zero-order valence-corrected chi connectivity index (χ0v) is 17.2. The van der Waals surface area contributed by atoms with Crippen molar-refractivity contribution in [3.63, 3.8) is 0 Å². The van der Waals surface area contributed by atoms with E-state index in [1.165, 1.54) is 44.6 Å². The molecule has 0 bridgehead atoms. The molecule has 0 radical (unpaired) electrons. The van der Waals surface area contributed by atoms with E-state index in [2.05, 4.69) is 16.3 Å². The third-order valence-corrected chi connectivity index (χ3v) is 6.87. The van der Waals surface area contributed by atoms with Gasteiger partial charge in [-0.3, -0.25) is 9.69 Å². The SMILES string of the molecule is CN(C)S(=O)(=O)c1ccc(C(=O)NCc2ccccc2CN2CCCC2)cc1. The average Bonchev–Trinajstić information content (AvgIpc) is 3.20. The van der Waals surface area contributed by atoms with Crippen LogP contribution in [-0.4, -0.2) is 50.7 Å². The van der Waals surface area contributed by atoms with Gasteiger partial charge in [0.25, 0.3) is 5.91 Å². The van der Waals surface area contributed by atoms with E-state index in [0.717, 1.165) is 29.5 Å². The van der Waals surface area contributed by atoms with Crippen LogP contribution in [-0.2, 0) is 23.1 Å². The molecule has 0 aliphatic carbocycles. The van der Waals surface area contributed by atoms with E-state index in [0.29, 0.717) is 12.1 Å². The quantitative estimate of drug-likeness (QED) is 0.774. The number of likely N-dealkylation sites (tertiary alicyclic amines) is 1. The second-order valence-electron chi connectivity index (χ2n) is 7.25. The van der Waals surface area contributed by atoms with Crippen LogP contribution in [0.2, 0.25) is 0 Å². The highest BCUT2D eigenvalue weighted by Gasteiger charge is 2.18. The molecule has 0 aromatic heterocycles. The Morgan fingerprint density at radius 3 is 2.21 bits per heavy atom. The predicted octanol–water partition coefficient (Wildman–Crippen LogP) is 2.46. The molecule has 150 valence electrons. The van der Waals surface area contributed by atoms with Gasteiger partial charge in [-0.25, -0.2) is 12.7 Å². The second kappa shape index (κ2) is 8.86. The van der Waals surface area contributed by atoms with Gasteiger partial charge in [0.1, 0.15) is 0 Å². The fourth-order valence-electron chi connectivity index (χ4n) is 3.33. The van der Waals surface area contributed by atoms with Crippen molar-refractivity contribution in [2.45, 2.75) is 30.8 Å². The summed E-state index contributed by atoms with van der Waals surface area (Å²) in [5, 5.41) is 2.94. The molecule has 1 N–H and O–H groups in total. The first-order chi connectivity index (χ1) is 13.4. The minimum absolute atomic E-state index is 0.171. The van der Waals surface area contributed by atoms with Gasteiger partial charge < -0.3 is 5.32 Å². The Kier molecular flexibility index (Phi) is 6.49. The average molecular weight is 402 g/mol. The lowest BCUT2D eigenvalue weighted by Crippen LogP contribution is -2.25. The minimum atomic E-state index is -3.49. The Labute approximate surface area is 167 Å². The van der Waals surface area contributed by atoms with Crippen molar-refractivity contribution >= 4 is 15.9 Å². The molecule has 1 fully saturated rings. The highest BCUT2D eigenvalue weighted by atomic mass is 32.2. The van der Waals surface area contributed by atoms with E-state index in [9.17, 15) is 13.2 Å². The van der Waals surface area contributed by atoms with Gasteiger partial charge in [-0.1, -0.05) is 24.3 Å². The number of rotatable bonds is 7. The van der Waals surface area contributed by atoms with Gasteiger partial charge in [0.15, 0.2) is 0 Å². The summed E-state index contributed by atoms with van der Waals surface area (Å²) in [4.78, 5) is 15.1. The highest BCUT2D eigenvalue weighted by molar-refractivity contribution is 7.89. The first-order valence-corrected chi connectivity index (χ1v) is 10.9. The molecule has 1 aliphatic rings. The highest BCUT2D eigenvalue weighted by Crippen LogP contribution is 2.17. The topological polar surface area (TPSA) is 69.7 Å². The molecule has 1 saturated heterocycles. The molecular formula is C21H27N3O3S. The Balaban J connectivity index is 1.64. The summed E-state index contributed by atoms with van der Waals surface area (Å²) in [6.07, 6.45) is 2.50. The number of amides is 1. The maximum absolute atomic E-state index is 12.5. The van der Waals surface area contributed by atoms with E-state index in [1.54, 1.807) is 12.1 Å². The molecule has 1 heterocycles. The van der Waals surface area contributed by atoms with E-state index in [-0.39, 0.29) is 10.8 Å². The van der Waals surface area contributed by atoms with Crippen molar-refractivity contribution < 1.29 is 13.2 Å². The largest absolute Gasteiger partial charge is 0.348 e. The van der Waals surface area contributed by atoms with E-state index in [1.807, 2.05) is 18.2 Å². The van der Waals surface area contributed by atoms with Crippen LogP contribution in [0.5, 0.6) is 0 Å². The van der Waals surface area contributed by atoms with Gasteiger partial charge in [0, 0.05) is 32.7 Å². The number of carbonyl (C=O) groups is 1. The first kappa shape index (κ1) is 20.5. The van der Waals surface area contributed by atoms with E-state index < -0.39 is 10.0 Å². The molecule has 28 heavy (non-hydrogen) atoms. The number of nitrogens with one attached hydrogen (secondary N) is 1. The summed E-state index contributed by atoms with van der Waals surface area (Å²) >= 11 is 0. The maximum atomic E-state index is 12.5. The Bertz CT molecular complexity index is 918. The van der Waals surface area contributed by atoms with Gasteiger partial charge in [-0.2, -0.15) is 0 Å². The van der Waals surface area contributed by atoms with Crippen LogP contribution >= 0.6 is 0 Å². The third-order valence-electron chi connectivity index (χ3n) is 5.05. The van der Waals surface area contributed by atoms with Crippen LogP contribution in [0.4, 0.5) is 0 Å². The molecule has 2 aromatic carbocycles.